The summed E-state index contributed by atoms with van der Waals surface area (Å²) in [6.45, 7) is 0. The van der Waals surface area contributed by atoms with Crippen LogP contribution in [0.4, 0.5) is 0 Å². The summed E-state index contributed by atoms with van der Waals surface area (Å²) >= 11 is 0. The Morgan fingerprint density at radius 1 is 0.415 bits per heavy atom. The first-order chi connectivity index (χ1) is 26.3. The molecule has 5 heteroatoms. The van der Waals surface area contributed by atoms with Gasteiger partial charge in [0.2, 0.25) is 5.95 Å². The van der Waals surface area contributed by atoms with Gasteiger partial charge in [-0.1, -0.05) is 109 Å². The molecular formula is C48H26N4O. The molecule has 0 aliphatic heterocycles. The summed E-state index contributed by atoms with van der Waals surface area (Å²) in [6.07, 6.45) is 0. The van der Waals surface area contributed by atoms with Gasteiger partial charge >= 0.3 is 0 Å². The van der Waals surface area contributed by atoms with Crippen molar-refractivity contribution in [2.75, 3.05) is 0 Å². The number of furan rings is 1. The van der Waals surface area contributed by atoms with Crippen molar-refractivity contribution in [3.05, 3.63) is 158 Å². The Kier molecular flexibility index (Phi) is 5.06. The first-order valence-electron chi connectivity index (χ1n) is 18.0. The standard InChI is InChI=1S/C48H26N4O/c1-2-11-30-27(9-1)10-7-14-31(30)28-19-21-29(22-20-28)46-34-13-3-5-15-35(34)49-48(50-46)52-38-18-8-17-37-42(38)43-39(52)24-26-40-44(43)45-41(53-40)25-23-33-32-12-4-6-16-36(32)51(37)47(33)45/h1-26H. The summed E-state index contributed by atoms with van der Waals surface area (Å²) in [5, 5.41) is 10.6. The van der Waals surface area contributed by atoms with Crippen molar-refractivity contribution < 1.29 is 4.42 Å². The van der Waals surface area contributed by atoms with Gasteiger partial charge in [-0.25, -0.2) is 9.97 Å². The van der Waals surface area contributed by atoms with E-state index >= 15 is 0 Å². The van der Waals surface area contributed by atoms with Crippen molar-refractivity contribution >= 4 is 92.7 Å². The van der Waals surface area contributed by atoms with E-state index in [9.17, 15) is 0 Å². The van der Waals surface area contributed by atoms with Crippen molar-refractivity contribution in [2.45, 2.75) is 0 Å². The van der Waals surface area contributed by atoms with Gasteiger partial charge in [-0.15, -0.1) is 0 Å². The van der Waals surface area contributed by atoms with Crippen LogP contribution in [0.5, 0.6) is 0 Å². The predicted octanol–water partition coefficient (Wildman–Crippen LogP) is 12.5. The van der Waals surface area contributed by atoms with Crippen molar-refractivity contribution in [3.8, 4) is 28.3 Å². The summed E-state index contributed by atoms with van der Waals surface area (Å²) in [5.74, 6) is 0.643. The molecule has 0 atom stereocenters. The molecule has 0 saturated carbocycles. The number of rotatable bonds is 3. The van der Waals surface area contributed by atoms with E-state index in [0.717, 1.165) is 60.6 Å². The molecule has 0 aliphatic rings. The molecule has 0 amide bonds. The zero-order valence-corrected chi connectivity index (χ0v) is 28.2. The van der Waals surface area contributed by atoms with Gasteiger partial charge in [-0.2, -0.15) is 0 Å². The van der Waals surface area contributed by atoms with Gasteiger partial charge in [0.15, 0.2) is 0 Å². The molecule has 0 aliphatic carbocycles. The zero-order valence-electron chi connectivity index (χ0n) is 28.2. The van der Waals surface area contributed by atoms with Crippen molar-refractivity contribution in [1.29, 1.82) is 0 Å². The third-order valence-electron chi connectivity index (χ3n) is 11.5. The molecule has 0 saturated heterocycles. The Labute approximate surface area is 301 Å². The Bertz CT molecular complexity index is 3620. The third kappa shape index (κ3) is 3.46. The van der Waals surface area contributed by atoms with E-state index in [2.05, 4.69) is 167 Å². The lowest BCUT2D eigenvalue weighted by molar-refractivity contribution is 0.669. The van der Waals surface area contributed by atoms with E-state index in [1.807, 2.05) is 0 Å². The molecule has 13 rings (SSSR count). The van der Waals surface area contributed by atoms with Gasteiger partial charge < -0.3 is 8.82 Å². The quantitative estimate of drug-likeness (QED) is 0.187. The maximum absolute atomic E-state index is 6.60. The highest BCUT2D eigenvalue weighted by atomic mass is 16.3. The summed E-state index contributed by atoms with van der Waals surface area (Å²) < 4.78 is 11.3. The molecule has 53 heavy (non-hydrogen) atoms. The van der Waals surface area contributed by atoms with E-state index in [1.54, 1.807) is 0 Å². The molecule has 0 fully saturated rings. The first kappa shape index (κ1) is 27.5. The van der Waals surface area contributed by atoms with Crippen LogP contribution in [-0.4, -0.2) is 18.9 Å². The second kappa shape index (κ2) is 9.75. The topological polar surface area (TPSA) is 48.3 Å². The van der Waals surface area contributed by atoms with Crippen LogP contribution in [0.1, 0.15) is 0 Å². The summed E-state index contributed by atoms with van der Waals surface area (Å²) in [5.41, 5.74) is 12.7. The fourth-order valence-electron chi connectivity index (χ4n) is 9.25. The van der Waals surface area contributed by atoms with Crippen molar-refractivity contribution in [2.24, 2.45) is 0 Å². The highest BCUT2D eigenvalue weighted by Crippen LogP contribution is 2.48. The Hall–Kier alpha value is -7.24. The van der Waals surface area contributed by atoms with Crippen LogP contribution in [0.2, 0.25) is 0 Å². The van der Waals surface area contributed by atoms with Crippen LogP contribution < -0.4 is 0 Å². The zero-order chi connectivity index (χ0) is 34.4. The fourth-order valence-corrected chi connectivity index (χ4v) is 9.25. The van der Waals surface area contributed by atoms with Crippen LogP contribution >= 0.6 is 0 Å². The minimum absolute atomic E-state index is 0.643. The highest BCUT2D eigenvalue weighted by molar-refractivity contribution is 6.37. The minimum atomic E-state index is 0.643. The number of fused-ring (bicyclic) bond motifs is 6. The first-order valence-corrected chi connectivity index (χ1v) is 18.0. The molecule has 5 aromatic heterocycles. The van der Waals surface area contributed by atoms with E-state index in [-0.39, 0.29) is 0 Å². The molecule has 0 unspecified atom stereocenters. The molecule has 5 heterocycles. The van der Waals surface area contributed by atoms with Gasteiger partial charge in [0.05, 0.1) is 44.2 Å². The maximum Gasteiger partial charge on any atom is 0.235 e. The van der Waals surface area contributed by atoms with Crippen LogP contribution in [0.3, 0.4) is 0 Å². The number of hydrogen-bond acceptors (Lipinski definition) is 3. The SMILES string of the molecule is c1ccc2c(-c3ccc(-c4nc(-n5c6ccc7oc8ccc9c%10ccccc%10n%10c%11cccc5c%11c6c7c8c9%10)nc5ccccc45)cc3)cccc2c1. The van der Waals surface area contributed by atoms with Gasteiger partial charge in [0.25, 0.3) is 0 Å². The average Bonchev–Trinajstić information content (AvgIpc) is 3.84. The van der Waals surface area contributed by atoms with Crippen LogP contribution in [0.25, 0.3) is 121 Å². The molecule has 244 valence electrons. The maximum atomic E-state index is 6.60. The second-order valence-electron chi connectivity index (χ2n) is 14.1. The van der Waals surface area contributed by atoms with Gasteiger partial charge in [-0.3, -0.25) is 4.57 Å². The molecule has 0 radical (unpaired) electrons. The molecule has 5 nitrogen and oxygen atoms in total. The van der Waals surface area contributed by atoms with Gasteiger partial charge in [-0.05, 0) is 70.4 Å². The largest absolute Gasteiger partial charge is 0.456 e. The second-order valence-corrected chi connectivity index (χ2v) is 14.1. The van der Waals surface area contributed by atoms with E-state index < -0.39 is 0 Å². The van der Waals surface area contributed by atoms with E-state index in [1.165, 1.54) is 54.5 Å². The summed E-state index contributed by atoms with van der Waals surface area (Å²) in [6, 6.07) is 56.2. The van der Waals surface area contributed by atoms with Crippen molar-refractivity contribution in [1.82, 2.24) is 18.9 Å². The number of nitrogens with zero attached hydrogens (tertiary/aromatic N) is 4. The lowest BCUT2D eigenvalue weighted by Gasteiger charge is -2.13. The monoisotopic (exact) mass is 674 g/mol. The number of aromatic nitrogens is 4. The van der Waals surface area contributed by atoms with Gasteiger partial charge in [0, 0.05) is 37.9 Å². The minimum Gasteiger partial charge on any atom is -0.456 e. The summed E-state index contributed by atoms with van der Waals surface area (Å²) in [4.78, 5) is 10.7. The van der Waals surface area contributed by atoms with Crippen LogP contribution in [0.15, 0.2) is 162 Å². The molecule has 0 spiro atoms. The van der Waals surface area contributed by atoms with E-state index in [4.69, 9.17) is 14.4 Å². The average molecular weight is 675 g/mol. The number of benzene rings is 8. The predicted molar refractivity (Wildman–Crippen MR) is 218 cm³/mol. The van der Waals surface area contributed by atoms with Crippen molar-refractivity contribution in [3.63, 3.8) is 0 Å². The highest BCUT2D eigenvalue weighted by Gasteiger charge is 2.27. The molecule has 0 N–H and O–H groups in total. The van der Waals surface area contributed by atoms with Crippen LogP contribution in [-0.2, 0) is 0 Å². The Balaban J connectivity index is 1.11. The smallest absolute Gasteiger partial charge is 0.235 e. The van der Waals surface area contributed by atoms with Gasteiger partial charge in [0.1, 0.15) is 11.2 Å². The molecule has 0 bridgehead atoms. The Morgan fingerprint density at radius 2 is 1.09 bits per heavy atom. The molecule has 13 aromatic rings. The lowest BCUT2D eigenvalue weighted by atomic mass is 9.96. The normalized spacial score (nSPS) is 12.5. The number of para-hydroxylation sites is 2. The molecule has 8 aromatic carbocycles. The van der Waals surface area contributed by atoms with Crippen LogP contribution in [0, 0.1) is 0 Å². The fraction of sp³-hybridized carbons (Fsp3) is 0. The Morgan fingerprint density at radius 3 is 2.02 bits per heavy atom. The third-order valence-corrected chi connectivity index (χ3v) is 11.5. The lowest BCUT2D eigenvalue weighted by Crippen LogP contribution is -2.03. The van der Waals surface area contributed by atoms with E-state index in [0.29, 0.717) is 5.95 Å². The molecular weight excluding hydrogens is 649 g/mol. The number of hydrogen-bond donors (Lipinski definition) is 0. The summed E-state index contributed by atoms with van der Waals surface area (Å²) in [7, 11) is 0.